The van der Waals surface area contributed by atoms with E-state index in [1.807, 2.05) is 0 Å². The molecule has 4 heteroatoms. The molecule has 1 aliphatic carbocycles. The summed E-state index contributed by atoms with van der Waals surface area (Å²) in [6, 6.07) is 0.584. The normalized spacial score (nSPS) is 33.0. The number of nitrogens with one attached hydrogen (secondary N) is 1. The van der Waals surface area contributed by atoms with E-state index in [9.17, 15) is 10.2 Å². The van der Waals surface area contributed by atoms with Gasteiger partial charge in [0, 0.05) is 19.0 Å². The lowest BCUT2D eigenvalue weighted by Gasteiger charge is -2.31. The van der Waals surface area contributed by atoms with Gasteiger partial charge < -0.3 is 20.3 Å². The molecule has 2 rings (SSSR count). The lowest BCUT2D eigenvalue weighted by Crippen LogP contribution is -2.46. The van der Waals surface area contributed by atoms with Crippen molar-refractivity contribution >= 4 is 0 Å². The molecule has 0 spiro atoms. The van der Waals surface area contributed by atoms with Crippen molar-refractivity contribution in [3.63, 3.8) is 0 Å². The summed E-state index contributed by atoms with van der Waals surface area (Å²) in [5, 5.41) is 23.0. The van der Waals surface area contributed by atoms with E-state index < -0.39 is 12.2 Å². The van der Waals surface area contributed by atoms with Crippen LogP contribution < -0.4 is 5.32 Å². The van der Waals surface area contributed by atoms with Crippen molar-refractivity contribution in [2.75, 3.05) is 13.2 Å². The number of aliphatic hydroxyl groups excluding tert-OH is 2. The highest BCUT2D eigenvalue weighted by atomic mass is 16.5. The number of ether oxygens (including phenoxy) is 1. The minimum Gasteiger partial charge on any atom is -0.390 e. The Morgan fingerprint density at radius 2 is 1.21 bits per heavy atom. The highest BCUT2D eigenvalue weighted by Crippen LogP contribution is 2.18. The van der Waals surface area contributed by atoms with Crippen LogP contribution in [0.5, 0.6) is 0 Å². The van der Waals surface area contributed by atoms with Crippen molar-refractivity contribution < 1.29 is 14.9 Å². The molecule has 3 N–H and O–H groups in total. The summed E-state index contributed by atoms with van der Waals surface area (Å²) in [5.41, 5.74) is 0. The molecule has 2 fully saturated rings. The lowest BCUT2D eigenvalue weighted by molar-refractivity contribution is -0.120. The van der Waals surface area contributed by atoms with Gasteiger partial charge >= 0.3 is 0 Å². The Labute approximate surface area is 148 Å². The van der Waals surface area contributed by atoms with Crippen LogP contribution >= 0.6 is 0 Å². The summed E-state index contributed by atoms with van der Waals surface area (Å²) < 4.78 is 5.65. The Morgan fingerprint density at radius 1 is 0.708 bits per heavy atom. The Kier molecular flexibility index (Phi) is 10.3. The Morgan fingerprint density at radius 3 is 1.71 bits per heavy atom. The van der Waals surface area contributed by atoms with E-state index in [0.717, 1.165) is 6.54 Å². The van der Waals surface area contributed by atoms with Crippen LogP contribution in [0, 0.1) is 0 Å². The molecule has 1 saturated carbocycles. The van der Waals surface area contributed by atoms with Crippen molar-refractivity contribution in [2.45, 2.75) is 114 Å². The molecule has 1 aliphatic heterocycles. The quantitative estimate of drug-likeness (QED) is 0.735. The van der Waals surface area contributed by atoms with Crippen LogP contribution in [0.2, 0.25) is 0 Å². The lowest BCUT2D eigenvalue weighted by atomic mass is 9.97. The molecule has 3 unspecified atom stereocenters. The van der Waals surface area contributed by atoms with Gasteiger partial charge in [0.05, 0.1) is 18.8 Å². The highest BCUT2D eigenvalue weighted by Gasteiger charge is 2.28. The second kappa shape index (κ2) is 12.2. The molecular formula is C20H39NO3. The minimum absolute atomic E-state index is 0.0384. The van der Waals surface area contributed by atoms with Gasteiger partial charge in [-0.1, -0.05) is 70.6 Å². The van der Waals surface area contributed by atoms with Gasteiger partial charge in [0.1, 0.15) is 6.10 Å². The molecule has 0 aromatic rings. The van der Waals surface area contributed by atoms with Crippen molar-refractivity contribution in [2.24, 2.45) is 0 Å². The highest BCUT2D eigenvalue weighted by molar-refractivity contribution is 4.80. The molecule has 0 amide bonds. The van der Waals surface area contributed by atoms with Gasteiger partial charge in [-0.15, -0.1) is 0 Å². The third-order valence-electron chi connectivity index (χ3n) is 5.69. The van der Waals surface area contributed by atoms with Gasteiger partial charge in [-0.3, -0.25) is 0 Å². The second-order valence-corrected chi connectivity index (χ2v) is 7.90. The monoisotopic (exact) mass is 341 g/mol. The van der Waals surface area contributed by atoms with Gasteiger partial charge in [0.2, 0.25) is 0 Å². The predicted octanol–water partition coefficient (Wildman–Crippen LogP) is 3.54. The molecular weight excluding hydrogens is 302 g/mol. The predicted molar refractivity (Wildman–Crippen MR) is 98.2 cm³/mol. The number of hydrogen-bond acceptors (Lipinski definition) is 4. The number of aliphatic hydroxyl groups is 2. The van der Waals surface area contributed by atoms with Crippen molar-refractivity contribution in [1.29, 1.82) is 0 Å². The van der Waals surface area contributed by atoms with Crippen LogP contribution in [0.15, 0.2) is 0 Å². The Hall–Kier alpha value is -0.160. The zero-order valence-corrected chi connectivity index (χ0v) is 15.4. The van der Waals surface area contributed by atoms with Crippen molar-refractivity contribution in [3.8, 4) is 0 Å². The first-order valence-corrected chi connectivity index (χ1v) is 10.5. The summed E-state index contributed by atoms with van der Waals surface area (Å²) >= 11 is 0. The molecule has 1 saturated heterocycles. The first-order chi connectivity index (χ1) is 11.8. The standard InChI is InChI=1S/C20H39NO3/c22-19-14-18(24-16-20(19)23)15-21-17-12-10-8-6-4-2-1-3-5-7-9-11-13-17/h17-23H,1-16H2. The molecule has 2 aliphatic rings. The maximum atomic E-state index is 9.79. The van der Waals surface area contributed by atoms with Crippen LogP contribution in [0.4, 0.5) is 0 Å². The fourth-order valence-electron chi connectivity index (χ4n) is 4.00. The minimum atomic E-state index is -0.712. The van der Waals surface area contributed by atoms with Crippen LogP contribution in [-0.4, -0.2) is 47.7 Å². The van der Waals surface area contributed by atoms with Gasteiger partial charge in [-0.2, -0.15) is 0 Å². The fraction of sp³-hybridized carbons (Fsp3) is 1.00. The molecule has 142 valence electrons. The molecule has 0 radical (unpaired) electrons. The number of rotatable bonds is 3. The Balaban J connectivity index is 1.68. The summed E-state index contributed by atoms with van der Waals surface area (Å²) in [7, 11) is 0. The fourth-order valence-corrected chi connectivity index (χ4v) is 4.00. The molecule has 4 nitrogen and oxygen atoms in total. The first kappa shape index (κ1) is 20.2. The van der Waals surface area contributed by atoms with E-state index in [1.165, 1.54) is 83.5 Å². The second-order valence-electron chi connectivity index (χ2n) is 7.90. The average Bonchev–Trinajstić information content (AvgIpc) is 2.58. The molecule has 24 heavy (non-hydrogen) atoms. The van der Waals surface area contributed by atoms with E-state index in [-0.39, 0.29) is 12.7 Å². The summed E-state index contributed by atoms with van der Waals surface area (Å²) in [4.78, 5) is 0. The van der Waals surface area contributed by atoms with Crippen LogP contribution in [0.1, 0.15) is 89.9 Å². The molecule has 0 bridgehead atoms. The van der Waals surface area contributed by atoms with Crippen LogP contribution in [0.3, 0.4) is 0 Å². The third-order valence-corrected chi connectivity index (χ3v) is 5.69. The average molecular weight is 342 g/mol. The van der Waals surface area contributed by atoms with E-state index in [4.69, 9.17) is 4.74 Å². The molecule has 0 aromatic carbocycles. The van der Waals surface area contributed by atoms with Gasteiger partial charge in [0.25, 0.3) is 0 Å². The summed E-state index contributed by atoms with van der Waals surface area (Å²) in [6.45, 7) is 1.06. The maximum Gasteiger partial charge on any atom is 0.103 e. The van der Waals surface area contributed by atoms with E-state index >= 15 is 0 Å². The van der Waals surface area contributed by atoms with E-state index in [2.05, 4.69) is 5.32 Å². The zero-order valence-electron chi connectivity index (χ0n) is 15.4. The van der Waals surface area contributed by atoms with Crippen LogP contribution in [0.25, 0.3) is 0 Å². The van der Waals surface area contributed by atoms with Crippen LogP contribution in [-0.2, 0) is 4.74 Å². The summed E-state index contributed by atoms with van der Waals surface area (Å²) in [6.07, 6.45) is 17.0. The van der Waals surface area contributed by atoms with Gasteiger partial charge in [-0.05, 0) is 12.8 Å². The largest absolute Gasteiger partial charge is 0.390 e. The smallest absolute Gasteiger partial charge is 0.103 e. The maximum absolute atomic E-state index is 9.79. The first-order valence-electron chi connectivity index (χ1n) is 10.5. The molecule has 1 heterocycles. The van der Waals surface area contributed by atoms with E-state index in [0.29, 0.717) is 12.5 Å². The van der Waals surface area contributed by atoms with Gasteiger partial charge in [0.15, 0.2) is 0 Å². The molecule has 3 atom stereocenters. The van der Waals surface area contributed by atoms with E-state index in [1.54, 1.807) is 0 Å². The van der Waals surface area contributed by atoms with Crippen molar-refractivity contribution in [3.05, 3.63) is 0 Å². The molecule has 0 aromatic heterocycles. The topological polar surface area (TPSA) is 61.7 Å². The SMILES string of the molecule is OC1COC(CNC2CCCCCCCCCCCCC2)CC1O. The van der Waals surface area contributed by atoms with Crippen molar-refractivity contribution in [1.82, 2.24) is 5.32 Å². The summed E-state index contributed by atoms with van der Waals surface area (Å²) in [5.74, 6) is 0. The Bertz CT molecular complexity index is 299. The third kappa shape index (κ3) is 8.28. The zero-order chi connectivity index (χ0) is 17.0. The number of hydrogen-bond donors (Lipinski definition) is 3. The van der Waals surface area contributed by atoms with Gasteiger partial charge in [-0.25, -0.2) is 0 Å².